The summed E-state index contributed by atoms with van der Waals surface area (Å²) in [5, 5.41) is 11.7. The van der Waals surface area contributed by atoms with Crippen molar-refractivity contribution in [2.24, 2.45) is 0 Å². The summed E-state index contributed by atoms with van der Waals surface area (Å²) in [5.41, 5.74) is 2.28. The van der Waals surface area contributed by atoms with E-state index in [9.17, 15) is 0 Å². The van der Waals surface area contributed by atoms with Gasteiger partial charge in [0.2, 0.25) is 0 Å². The molecule has 90 valence electrons. The Bertz CT molecular complexity index is 560. The molecule has 0 aliphatic heterocycles. The molecule has 5 nitrogen and oxygen atoms in total. The van der Waals surface area contributed by atoms with E-state index in [1.54, 1.807) is 7.11 Å². The molecule has 0 radical (unpaired) electrons. The molecule has 1 aromatic carbocycles. The van der Waals surface area contributed by atoms with Gasteiger partial charge >= 0.3 is 0 Å². The molecule has 1 heterocycles. The molecule has 0 aliphatic carbocycles. The van der Waals surface area contributed by atoms with Crippen LogP contribution in [-0.2, 0) is 11.3 Å². The monoisotopic (exact) mass is 240 g/mol. The Morgan fingerprint density at radius 2 is 2.22 bits per heavy atom. The topological polar surface area (TPSA) is 70.8 Å². The van der Waals surface area contributed by atoms with Crippen LogP contribution < -0.4 is 5.32 Å². The molecule has 0 bridgehead atoms. The minimum atomic E-state index is 0.300. The predicted molar refractivity (Wildman–Crippen MR) is 67.2 cm³/mol. The van der Waals surface area contributed by atoms with Crippen LogP contribution in [0, 0.1) is 11.3 Å². The Labute approximate surface area is 105 Å². The lowest BCUT2D eigenvalue weighted by atomic mass is 10.2. The second-order valence-electron chi connectivity index (χ2n) is 3.66. The average molecular weight is 240 g/mol. The number of ether oxygens (including phenoxy) is 1. The van der Waals surface area contributed by atoms with Crippen LogP contribution in [0.4, 0.5) is 11.5 Å². The first-order valence-corrected chi connectivity index (χ1v) is 5.39. The van der Waals surface area contributed by atoms with Gasteiger partial charge in [-0.15, -0.1) is 0 Å². The SMILES string of the molecule is COCc1cccc(Nc2cnc(C#N)cn2)c1. The second kappa shape index (κ2) is 5.75. The zero-order chi connectivity index (χ0) is 12.8. The van der Waals surface area contributed by atoms with Gasteiger partial charge in [-0.1, -0.05) is 12.1 Å². The number of aromatic nitrogens is 2. The van der Waals surface area contributed by atoms with Crippen molar-refractivity contribution in [3.8, 4) is 6.07 Å². The summed E-state index contributed by atoms with van der Waals surface area (Å²) in [6.45, 7) is 0.564. The lowest BCUT2D eigenvalue weighted by Crippen LogP contribution is -1.96. The van der Waals surface area contributed by atoms with Crippen LogP contribution in [-0.4, -0.2) is 17.1 Å². The van der Waals surface area contributed by atoms with Crippen molar-refractivity contribution in [2.75, 3.05) is 12.4 Å². The summed E-state index contributed by atoms with van der Waals surface area (Å²) in [5.74, 6) is 0.601. The van der Waals surface area contributed by atoms with E-state index in [0.717, 1.165) is 11.3 Å². The highest BCUT2D eigenvalue weighted by molar-refractivity contribution is 5.56. The van der Waals surface area contributed by atoms with Crippen LogP contribution in [0.2, 0.25) is 0 Å². The van der Waals surface area contributed by atoms with Gasteiger partial charge in [0.05, 0.1) is 19.0 Å². The van der Waals surface area contributed by atoms with E-state index in [1.165, 1.54) is 12.4 Å². The molecular weight excluding hydrogens is 228 g/mol. The zero-order valence-corrected chi connectivity index (χ0v) is 9.92. The van der Waals surface area contributed by atoms with Crippen molar-refractivity contribution in [3.05, 3.63) is 47.9 Å². The first-order valence-electron chi connectivity index (χ1n) is 5.39. The largest absolute Gasteiger partial charge is 0.380 e. The highest BCUT2D eigenvalue weighted by Crippen LogP contribution is 2.15. The Kier molecular flexibility index (Phi) is 3.84. The Morgan fingerprint density at radius 1 is 1.33 bits per heavy atom. The molecule has 2 aromatic rings. The minimum Gasteiger partial charge on any atom is -0.380 e. The van der Waals surface area contributed by atoms with Gasteiger partial charge in [0.25, 0.3) is 0 Å². The summed E-state index contributed by atoms with van der Waals surface area (Å²) < 4.78 is 5.07. The first-order chi connectivity index (χ1) is 8.81. The van der Waals surface area contributed by atoms with Crippen LogP contribution in [0.5, 0.6) is 0 Å². The minimum absolute atomic E-state index is 0.300. The number of anilines is 2. The molecule has 0 atom stereocenters. The zero-order valence-electron chi connectivity index (χ0n) is 9.92. The molecule has 1 aromatic heterocycles. The Balaban J connectivity index is 2.12. The third kappa shape index (κ3) is 3.03. The van der Waals surface area contributed by atoms with Crippen molar-refractivity contribution in [3.63, 3.8) is 0 Å². The molecular formula is C13H12N4O. The maximum Gasteiger partial charge on any atom is 0.158 e. The molecule has 2 rings (SSSR count). The van der Waals surface area contributed by atoms with E-state index in [4.69, 9.17) is 10.00 Å². The van der Waals surface area contributed by atoms with Crippen molar-refractivity contribution in [1.82, 2.24) is 9.97 Å². The molecule has 0 saturated heterocycles. The molecule has 1 N–H and O–H groups in total. The number of nitriles is 1. The van der Waals surface area contributed by atoms with Crippen LogP contribution in [0.25, 0.3) is 0 Å². The van der Waals surface area contributed by atoms with Crippen LogP contribution in [0.3, 0.4) is 0 Å². The number of benzene rings is 1. The van der Waals surface area contributed by atoms with Gasteiger partial charge in [0.15, 0.2) is 5.69 Å². The third-order valence-corrected chi connectivity index (χ3v) is 2.28. The molecule has 0 saturated carbocycles. The summed E-state index contributed by atoms with van der Waals surface area (Å²) in [6.07, 6.45) is 2.96. The highest BCUT2D eigenvalue weighted by atomic mass is 16.5. The Hall–Kier alpha value is -2.45. The maximum absolute atomic E-state index is 8.63. The van der Waals surface area contributed by atoms with Gasteiger partial charge in [-0.25, -0.2) is 9.97 Å². The fourth-order valence-corrected chi connectivity index (χ4v) is 1.50. The van der Waals surface area contributed by atoms with E-state index in [0.29, 0.717) is 18.1 Å². The normalized spacial score (nSPS) is 9.78. The number of methoxy groups -OCH3 is 1. The van der Waals surface area contributed by atoms with E-state index < -0.39 is 0 Å². The van der Waals surface area contributed by atoms with Gasteiger partial charge in [0, 0.05) is 12.8 Å². The number of hydrogen-bond acceptors (Lipinski definition) is 5. The predicted octanol–water partition coefficient (Wildman–Crippen LogP) is 2.24. The molecule has 5 heteroatoms. The molecule has 0 unspecified atom stereocenters. The van der Waals surface area contributed by atoms with Crippen LogP contribution >= 0.6 is 0 Å². The van der Waals surface area contributed by atoms with E-state index in [2.05, 4.69) is 15.3 Å². The fourth-order valence-electron chi connectivity index (χ4n) is 1.50. The maximum atomic E-state index is 8.63. The van der Waals surface area contributed by atoms with Gasteiger partial charge < -0.3 is 10.1 Å². The lowest BCUT2D eigenvalue weighted by molar-refractivity contribution is 0.185. The third-order valence-electron chi connectivity index (χ3n) is 2.28. The van der Waals surface area contributed by atoms with Gasteiger partial charge in [-0.3, -0.25) is 0 Å². The summed E-state index contributed by atoms with van der Waals surface area (Å²) >= 11 is 0. The molecule has 0 fully saturated rings. The molecule has 0 amide bonds. The fraction of sp³-hybridized carbons (Fsp3) is 0.154. The van der Waals surface area contributed by atoms with Gasteiger partial charge in [-0.2, -0.15) is 5.26 Å². The van der Waals surface area contributed by atoms with Gasteiger partial charge in [-0.05, 0) is 17.7 Å². The smallest absolute Gasteiger partial charge is 0.158 e. The number of rotatable bonds is 4. The summed E-state index contributed by atoms with van der Waals surface area (Å²) in [4.78, 5) is 8.03. The van der Waals surface area contributed by atoms with Gasteiger partial charge in [0.1, 0.15) is 11.9 Å². The summed E-state index contributed by atoms with van der Waals surface area (Å²) in [7, 11) is 1.66. The molecule has 0 spiro atoms. The van der Waals surface area contributed by atoms with Crippen LogP contribution in [0.1, 0.15) is 11.3 Å². The van der Waals surface area contributed by atoms with E-state index in [1.807, 2.05) is 30.3 Å². The first kappa shape index (κ1) is 12.0. The highest BCUT2D eigenvalue weighted by Gasteiger charge is 1.99. The van der Waals surface area contributed by atoms with Crippen molar-refractivity contribution < 1.29 is 4.74 Å². The Morgan fingerprint density at radius 3 is 2.89 bits per heavy atom. The number of nitrogens with one attached hydrogen (secondary N) is 1. The van der Waals surface area contributed by atoms with Crippen LogP contribution in [0.15, 0.2) is 36.7 Å². The second-order valence-corrected chi connectivity index (χ2v) is 3.66. The van der Waals surface area contributed by atoms with Crippen molar-refractivity contribution in [2.45, 2.75) is 6.61 Å². The number of nitrogens with zero attached hydrogens (tertiary/aromatic N) is 3. The standard InChI is InChI=1S/C13H12N4O/c1-18-9-10-3-2-4-11(5-10)17-13-8-15-12(6-14)7-16-13/h2-5,7-8H,9H2,1H3,(H,16,17). The van der Waals surface area contributed by atoms with Crippen molar-refractivity contribution >= 4 is 11.5 Å². The molecule has 18 heavy (non-hydrogen) atoms. The lowest BCUT2D eigenvalue weighted by Gasteiger charge is -2.06. The molecule has 0 aliphatic rings. The average Bonchev–Trinajstić information content (AvgIpc) is 2.40. The van der Waals surface area contributed by atoms with Crippen molar-refractivity contribution in [1.29, 1.82) is 5.26 Å². The van der Waals surface area contributed by atoms with E-state index in [-0.39, 0.29) is 0 Å². The quantitative estimate of drug-likeness (QED) is 0.887. The summed E-state index contributed by atoms with van der Waals surface area (Å²) in [6, 6.07) is 9.75. The number of hydrogen-bond donors (Lipinski definition) is 1. The van der Waals surface area contributed by atoms with E-state index >= 15 is 0 Å².